The van der Waals surface area contributed by atoms with Gasteiger partial charge in [-0.3, -0.25) is 0 Å². The molecule has 19 heavy (non-hydrogen) atoms. The normalized spacial score (nSPS) is 28.4. The topological polar surface area (TPSA) is 35.2 Å². The zero-order valence-corrected chi connectivity index (χ0v) is 13.4. The Hall–Kier alpha value is 0.270. The van der Waals surface area contributed by atoms with Crippen molar-refractivity contribution in [1.29, 1.82) is 0 Å². The molecule has 0 radical (unpaired) electrons. The average molecular weight is 285 g/mol. The van der Waals surface area contributed by atoms with E-state index in [-0.39, 0.29) is 5.60 Å². The second kappa shape index (κ2) is 7.90. The largest absolute Gasteiger partial charge is 0.375 e. The van der Waals surface area contributed by atoms with E-state index in [1.165, 1.54) is 69.3 Å². The van der Waals surface area contributed by atoms with Crippen LogP contribution in [0.2, 0.25) is 0 Å². The summed E-state index contributed by atoms with van der Waals surface area (Å²) in [5.74, 6) is 3.26. The average Bonchev–Trinajstić information content (AvgIpc) is 2.44. The molecule has 2 atom stereocenters. The van der Waals surface area contributed by atoms with Gasteiger partial charge in [0.15, 0.2) is 0 Å². The van der Waals surface area contributed by atoms with Crippen molar-refractivity contribution in [3.05, 3.63) is 0 Å². The predicted molar refractivity (Wildman–Crippen MR) is 84.7 cm³/mol. The van der Waals surface area contributed by atoms with E-state index in [1.807, 2.05) is 0 Å². The van der Waals surface area contributed by atoms with E-state index in [2.05, 4.69) is 18.7 Å². The molecule has 0 aromatic rings. The van der Waals surface area contributed by atoms with E-state index in [1.54, 1.807) is 0 Å². The van der Waals surface area contributed by atoms with Gasteiger partial charge < -0.3 is 10.5 Å². The number of unbranched alkanes of at least 4 members (excludes halogenated alkanes) is 3. The number of rotatable bonds is 6. The van der Waals surface area contributed by atoms with Crippen LogP contribution in [0.5, 0.6) is 0 Å². The second-order valence-corrected chi connectivity index (χ2v) is 7.63. The van der Waals surface area contributed by atoms with Crippen LogP contribution in [0.4, 0.5) is 0 Å². The third kappa shape index (κ3) is 4.64. The first-order chi connectivity index (χ1) is 9.26. The monoisotopic (exact) mass is 285 g/mol. The van der Waals surface area contributed by atoms with Crippen LogP contribution in [-0.2, 0) is 4.74 Å². The molecular formula is C16H31NOS. The van der Waals surface area contributed by atoms with Crippen molar-refractivity contribution in [2.24, 2.45) is 11.7 Å². The molecule has 2 fully saturated rings. The zero-order chi connectivity index (χ0) is 13.6. The summed E-state index contributed by atoms with van der Waals surface area (Å²) >= 11 is 2.08. The Kier molecular flexibility index (Phi) is 6.51. The van der Waals surface area contributed by atoms with Crippen molar-refractivity contribution in [3.8, 4) is 0 Å². The smallest absolute Gasteiger partial charge is 0.0701 e. The van der Waals surface area contributed by atoms with Gasteiger partial charge in [-0.05, 0) is 49.5 Å². The Morgan fingerprint density at radius 3 is 2.79 bits per heavy atom. The molecule has 2 nitrogen and oxygen atoms in total. The molecule has 0 amide bonds. The van der Waals surface area contributed by atoms with Gasteiger partial charge in [-0.1, -0.05) is 32.6 Å². The van der Waals surface area contributed by atoms with Gasteiger partial charge in [0.25, 0.3) is 0 Å². The molecule has 2 heterocycles. The molecule has 2 saturated heterocycles. The van der Waals surface area contributed by atoms with Crippen molar-refractivity contribution in [2.75, 3.05) is 18.1 Å². The van der Waals surface area contributed by atoms with Crippen molar-refractivity contribution in [2.45, 2.75) is 76.4 Å². The third-order valence-corrected chi connectivity index (χ3v) is 5.92. The van der Waals surface area contributed by atoms with Crippen molar-refractivity contribution in [1.82, 2.24) is 0 Å². The molecular weight excluding hydrogens is 254 g/mol. The van der Waals surface area contributed by atoms with E-state index in [4.69, 9.17) is 10.5 Å². The Morgan fingerprint density at radius 2 is 2.05 bits per heavy atom. The molecule has 2 rings (SSSR count). The molecule has 0 aromatic heterocycles. The number of nitrogens with two attached hydrogens (primary N) is 1. The highest BCUT2D eigenvalue weighted by Gasteiger charge is 2.40. The summed E-state index contributed by atoms with van der Waals surface area (Å²) in [6.45, 7) is 3.21. The van der Waals surface area contributed by atoms with E-state index in [0.29, 0.717) is 12.0 Å². The van der Waals surface area contributed by atoms with Crippen LogP contribution in [-0.4, -0.2) is 29.8 Å². The summed E-state index contributed by atoms with van der Waals surface area (Å²) in [7, 11) is 0. The van der Waals surface area contributed by atoms with Crippen molar-refractivity contribution < 1.29 is 4.74 Å². The zero-order valence-electron chi connectivity index (χ0n) is 12.5. The van der Waals surface area contributed by atoms with Gasteiger partial charge in [0.1, 0.15) is 0 Å². The Labute approximate surface area is 123 Å². The summed E-state index contributed by atoms with van der Waals surface area (Å²) in [6, 6.07) is 0.409. The molecule has 1 spiro atoms. The van der Waals surface area contributed by atoms with Gasteiger partial charge >= 0.3 is 0 Å². The van der Waals surface area contributed by atoms with Gasteiger partial charge in [0.05, 0.1) is 5.60 Å². The SMILES string of the molecule is CCCCCCC(N)C1CCOC2(CCSCC2)C1. The molecule has 2 aliphatic heterocycles. The number of hydrogen-bond donors (Lipinski definition) is 1. The quantitative estimate of drug-likeness (QED) is 0.750. The van der Waals surface area contributed by atoms with Gasteiger partial charge in [0, 0.05) is 12.6 Å². The number of thioether (sulfide) groups is 1. The lowest BCUT2D eigenvalue weighted by Gasteiger charge is -2.44. The first-order valence-electron chi connectivity index (χ1n) is 8.23. The van der Waals surface area contributed by atoms with Crippen LogP contribution in [0.25, 0.3) is 0 Å². The molecule has 0 saturated carbocycles. The Bertz CT molecular complexity index is 248. The molecule has 0 aromatic carbocycles. The maximum atomic E-state index is 6.46. The standard InChI is InChI=1S/C16H31NOS/c1-2-3-4-5-6-15(17)14-7-10-18-16(13-14)8-11-19-12-9-16/h14-15H,2-13,17H2,1H3. The summed E-state index contributed by atoms with van der Waals surface area (Å²) in [6.07, 6.45) is 11.5. The fraction of sp³-hybridized carbons (Fsp3) is 1.00. The molecule has 0 bridgehead atoms. The van der Waals surface area contributed by atoms with E-state index in [0.717, 1.165) is 6.61 Å². The fourth-order valence-electron chi connectivity index (χ4n) is 3.57. The van der Waals surface area contributed by atoms with Crippen LogP contribution in [0.15, 0.2) is 0 Å². The van der Waals surface area contributed by atoms with Crippen LogP contribution in [0.1, 0.15) is 64.7 Å². The van der Waals surface area contributed by atoms with Gasteiger partial charge in [-0.15, -0.1) is 0 Å². The van der Waals surface area contributed by atoms with Gasteiger partial charge in [-0.25, -0.2) is 0 Å². The maximum absolute atomic E-state index is 6.46. The summed E-state index contributed by atoms with van der Waals surface area (Å²) in [5, 5.41) is 0. The van der Waals surface area contributed by atoms with Crippen molar-refractivity contribution in [3.63, 3.8) is 0 Å². The molecule has 2 N–H and O–H groups in total. The van der Waals surface area contributed by atoms with Crippen LogP contribution >= 0.6 is 11.8 Å². The van der Waals surface area contributed by atoms with Gasteiger partial charge in [0.2, 0.25) is 0 Å². The lowest BCUT2D eigenvalue weighted by molar-refractivity contribution is -0.106. The van der Waals surface area contributed by atoms with Crippen LogP contribution < -0.4 is 5.73 Å². The van der Waals surface area contributed by atoms with Gasteiger partial charge in [-0.2, -0.15) is 11.8 Å². The summed E-state index contributed by atoms with van der Waals surface area (Å²) in [4.78, 5) is 0. The third-order valence-electron chi connectivity index (χ3n) is 4.93. The Morgan fingerprint density at radius 1 is 1.26 bits per heavy atom. The molecule has 2 unspecified atom stereocenters. The minimum atomic E-state index is 0.204. The number of ether oxygens (including phenoxy) is 1. The molecule has 3 heteroatoms. The fourth-order valence-corrected chi connectivity index (χ4v) is 4.80. The predicted octanol–water partition coefficient (Wildman–Crippen LogP) is 3.98. The maximum Gasteiger partial charge on any atom is 0.0701 e. The van der Waals surface area contributed by atoms with E-state index in [9.17, 15) is 0 Å². The molecule has 0 aliphatic carbocycles. The lowest BCUT2D eigenvalue weighted by atomic mass is 9.78. The minimum absolute atomic E-state index is 0.204. The highest BCUT2D eigenvalue weighted by Crippen LogP contribution is 2.40. The summed E-state index contributed by atoms with van der Waals surface area (Å²) in [5.41, 5.74) is 6.66. The number of hydrogen-bond acceptors (Lipinski definition) is 3. The van der Waals surface area contributed by atoms with E-state index < -0.39 is 0 Å². The van der Waals surface area contributed by atoms with Crippen LogP contribution in [0.3, 0.4) is 0 Å². The minimum Gasteiger partial charge on any atom is -0.375 e. The molecule has 2 aliphatic rings. The Balaban J connectivity index is 1.76. The highest BCUT2D eigenvalue weighted by molar-refractivity contribution is 7.99. The first-order valence-corrected chi connectivity index (χ1v) is 9.38. The van der Waals surface area contributed by atoms with Crippen LogP contribution in [0, 0.1) is 5.92 Å². The van der Waals surface area contributed by atoms with Crippen molar-refractivity contribution >= 4 is 11.8 Å². The van der Waals surface area contributed by atoms with E-state index >= 15 is 0 Å². The second-order valence-electron chi connectivity index (χ2n) is 6.41. The summed E-state index contributed by atoms with van der Waals surface area (Å²) < 4.78 is 6.16. The molecule has 112 valence electrons. The highest BCUT2D eigenvalue weighted by atomic mass is 32.2. The first kappa shape index (κ1) is 15.7. The lowest BCUT2D eigenvalue weighted by Crippen LogP contribution is -2.47.